The molecule has 1 aromatic rings. The maximum atomic E-state index is 6.32. The van der Waals surface area contributed by atoms with Gasteiger partial charge in [0.05, 0.1) is 16.9 Å². The Kier molecular flexibility index (Phi) is 5.67. The summed E-state index contributed by atoms with van der Waals surface area (Å²) in [7, 11) is 0. The summed E-state index contributed by atoms with van der Waals surface area (Å²) in [6, 6.07) is 0.478. The van der Waals surface area contributed by atoms with Gasteiger partial charge < -0.3 is 5.32 Å². The van der Waals surface area contributed by atoms with Crippen molar-refractivity contribution in [2.75, 3.05) is 6.54 Å². The highest BCUT2D eigenvalue weighted by Gasteiger charge is 2.29. The van der Waals surface area contributed by atoms with Gasteiger partial charge >= 0.3 is 0 Å². The Labute approximate surface area is 116 Å². The zero-order valence-corrected chi connectivity index (χ0v) is 13.0. The second-order valence-corrected chi connectivity index (χ2v) is 6.02. The lowest BCUT2D eigenvalue weighted by atomic mass is 9.82. The molecule has 0 aliphatic carbocycles. The van der Waals surface area contributed by atoms with Crippen LogP contribution in [0.3, 0.4) is 0 Å². The van der Waals surface area contributed by atoms with E-state index in [4.69, 9.17) is 11.6 Å². The fourth-order valence-electron chi connectivity index (χ4n) is 2.70. The van der Waals surface area contributed by atoms with Crippen LogP contribution in [-0.2, 0) is 12.0 Å². The molecule has 0 aromatic carbocycles. The fraction of sp³-hybridized carbons (Fsp3) is 0.786. The van der Waals surface area contributed by atoms with Gasteiger partial charge in [-0.05, 0) is 26.3 Å². The first-order valence-electron chi connectivity index (χ1n) is 6.87. The number of hydrogen-bond acceptors (Lipinski definition) is 2. The second-order valence-electron chi connectivity index (χ2n) is 5.61. The highest BCUT2D eigenvalue weighted by molar-refractivity contribution is 6.31. The third-order valence-corrected chi connectivity index (χ3v) is 3.52. The molecule has 3 nitrogen and oxygen atoms in total. The van der Waals surface area contributed by atoms with E-state index in [1.54, 1.807) is 6.20 Å². The minimum atomic E-state index is 0.0321. The Morgan fingerprint density at radius 2 is 2.11 bits per heavy atom. The number of rotatable bonds is 7. The lowest BCUT2D eigenvalue weighted by Crippen LogP contribution is -2.34. The summed E-state index contributed by atoms with van der Waals surface area (Å²) in [5.74, 6) is 0. The van der Waals surface area contributed by atoms with Crippen molar-refractivity contribution in [1.29, 1.82) is 0 Å². The van der Waals surface area contributed by atoms with Gasteiger partial charge in [0.15, 0.2) is 0 Å². The van der Waals surface area contributed by atoms with Crippen molar-refractivity contribution < 1.29 is 0 Å². The first-order chi connectivity index (χ1) is 8.42. The Balaban J connectivity index is 2.92. The molecule has 0 aliphatic heterocycles. The molecule has 0 aliphatic rings. The predicted molar refractivity (Wildman–Crippen MR) is 78.3 cm³/mol. The molecule has 0 spiro atoms. The van der Waals surface area contributed by atoms with Gasteiger partial charge in [-0.2, -0.15) is 5.10 Å². The highest BCUT2D eigenvalue weighted by atomic mass is 35.5. The van der Waals surface area contributed by atoms with Crippen molar-refractivity contribution in [2.45, 2.75) is 65.5 Å². The predicted octanol–water partition coefficient (Wildman–Crippen LogP) is 3.61. The van der Waals surface area contributed by atoms with Gasteiger partial charge in [0, 0.05) is 18.0 Å². The van der Waals surface area contributed by atoms with Crippen molar-refractivity contribution in [3.63, 3.8) is 0 Å². The smallest absolute Gasteiger partial charge is 0.0823 e. The maximum Gasteiger partial charge on any atom is 0.0823 e. The average Bonchev–Trinajstić information content (AvgIpc) is 2.60. The molecule has 1 aromatic heterocycles. The van der Waals surface area contributed by atoms with E-state index in [-0.39, 0.29) is 5.41 Å². The van der Waals surface area contributed by atoms with E-state index in [0.717, 1.165) is 36.6 Å². The molecule has 0 fully saturated rings. The van der Waals surface area contributed by atoms with E-state index in [0.29, 0.717) is 6.04 Å². The molecule has 0 amide bonds. The molecule has 4 heteroatoms. The fourth-order valence-corrected chi connectivity index (χ4v) is 3.10. The molecule has 0 bridgehead atoms. The number of nitrogens with zero attached hydrogens (tertiary/aromatic N) is 2. The Morgan fingerprint density at radius 1 is 1.44 bits per heavy atom. The molecule has 1 atom stereocenters. The summed E-state index contributed by atoms with van der Waals surface area (Å²) in [5, 5.41) is 8.64. The van der Waals surface area contributed by atoms with Crippen LogP contribution in [0.25, 0.3) is 0 Å². The van der Waals surface area contributed by atoms with Crippen molar-refractivity contribution in [3.05, 3.63) is 16.9 Å². The summed E-state index contributed by atoms with van der Waals surface area (Å²) in [6.07, 6.45) is 3.89. The van der Waals surface area contributed by atoms with E-state index in [2.05, 4.69) is 49.7 Å². The zero-order chi connectivity index (χ0) is 13.8. The molecule has 0 radical (unpaired) electrons. The van der Waals surface area contributed by atoms with Gasteiger partial charge in [-0.3, -0.25) is 4.68 Å². The van der Waals surface area contributed by atoms with Gasteiger partial charge in [0.2, 0.25) is 0 Å². The second kappa shape index (κ2) is 6.58. The monoisotopic (exact) mass is 271 g/mol. The molecule has 0 saturated carbocycles. The van der Waals surface area contributed by atoms with Crippen molar-refractivity contribution in [2.24, 2.45) is 0 Å². The van der Waals surface area contributed by atoms with E-state index in [9.17, 15) is 0 Å². The molecular formula is C14H26ClN3. The number of aryl methyl sites for hydroxylation is 1. The normalized spacial score (nSPS) is 13.9. The number of hydrogen-bond donors (Lipinski definition) is 1. The topological polar surface area (TPSA) is 29.9 Å². The Morgan fingerprint density at radius 3 is 2.67 bits per heavy atom. The van der Waals surface area contributed by atoms with Crippen LogP contribution in [0.5, 0.6) is 0 Å². The lowest BCUT2D eigenvalue weighted by Gasteiger charge is -2.29. The Bertz CT molecular complexity index is 371. The molecule has 1 N–H and O–H groups in total. The minimum Gasteiger partial charge on any atom is -0.314 e. The third kappa shape index (κ3) is 3.72. The van der Waals surface area contributed by atoms with Crippen LogP contribution in [0.2, 0.25) is 5.02 Å². The van der Waals surface area contributed by atoms with E-state index in [1.165, 1.54) is 0 Å². The quantitative estimate of drug-likeness (QED) is 0.821. The molecule has 0 saturated heterocycles. The summed E-state index contributed by atoms with van der Waals surface area (Å²) in [5.41, 5.74) is 1.19. The first-order valence-corrected chi connectivity index (χ1v) is 7.25. The van der Waals surface area contributed by atoms with Crippen molar-refractivity contribution >= 4 is 11.6 Å². The van der Waals surface area contributed by atoms with Crippen LogP contribution in [0.1, 0.15) is 53.2 Å². The largest absolute Gasteiger partial charge is 0.314 e. The van der Waals surface area contributed by atoms with Crippen LogP contribution < -0.4 is 5.32 Å². The summed E-state index contributed by atoms with van der Waals surface area (Å²) < 4.78 is 2.06. The lowest BCUT2D eigenvalue weighted by molar-refractivity contribution is 0.366. The molecule has 18 heavy (non-hydrogen) atoms. The standard InChI is InChI=1S/C14H26ClN3/c1-6-8-18-13(12(15)10-17-18)14(4,5)9-11(3)16-7-2/h10-11,16H,6-9H2,1-5H3. The Hall–Kier alpha value is -0.540. The van der Waals surface area contributed by atoms with Gasteiger partial charge in [0.25, 0.3) is 0 Å². The van der Waals surface area contributed by atoms with Gasteiger partial charge in [-0.1, -0.05) is 39.3 Å². The summed E-state index contributed by atoms with van der Waals surface area (Å²) >= 11 is 6.32. The van der Waals surface area contributed by atoms with E-state index < -0.39 is 0 Å². The zero-order valence-electron chi connectivity index (χ0n) is 12.3. The van der Waals surface area contributed by atoms with Crippen LogP contribution in [0.15, 0.2) is 6.20 Å². The molecule has 1 unspecified atom stereocenters. The van der Waals surface area contributed by atoms with Crippen molar-refractivity contribution in [3.8, 4) is 0 Å². The van der Waals surface area contributed by atoms with Crippen LogP contribution in [0, 0.1) is 0 Å². The number of aromatic nitrogens is 2. The molecule has 104 valence electrons. The van der Waals surface area contributed by atoms with Crippen LogP contribution in [0.4, 0.5) is 0 Å². The van der Waals surface area contributed by atoms with Gasteiger partial charge in [-0.25, -0.2) is 0 Å². The van der Waals surface area contributed by atoms with Gasteiger partial charge in [0.1, 0.15) is 0 Å². The summed E-state index contributed by atoms with van der Waals surface area (Å²) in [4.78, 5) is 0. The average molecular weight is 272 g/mol. The number of halogens is 1. The molecular weight excluding hydrogens is 246 g/mol. The maximum absolute atomic E-state index is 6.32. The molecule has 1 heterocycles. The van der Waals surface area contributed by atoms with E-state index >= 15 is 0 Å². The third-order valence-electron chi connectivity index (χ3n) is 3.24. The van der Waals surface area contributed by atoms with Crippen LogP contribution in [-0.4, -0.2) is 22.4 Å². The van der Waals surface area contributed by atoms with Crippen LogP contribution >= 0.6 is 11.6 Å². The van der Waals surface area contributed by atoms with E-state index in [1.807, 2.05) is 0 Å². The molecule has 1 rings (SSSR count). The van der Waals surface area contributed by atoms with Crippen molar-refractivity contribution in [1.82, 2.24) is 15.1 Å². The minimum absolute atomic E-state index is 0.0321. The van der Waals surface area contributed by atoms with Gasteiger partial charge in [-0.15, -0.1) is 0 Å². The first kappa shape index (κ1) is 15.5. The highest BCUT2D eigenvalue weighted by Crippen LogP contribution is 2.33. The number of nitrogens with one attached hydrogen (secondary N) is 1. The SMILES string of the molecule is CCCn1ncc(Cl)c1C(C)(C)CC(C)NCC. The summed E-state index contributed by atoms with van der Waals surface area (Å²) in [6.45, 7) is 12.9.